The molecule has 0 spiro atoms. The first-order valence-corrected chi connectivity index (χ1v) is 7.36. The van der Waals surface area contributed by atoms with Crippen LogP contribution in [0.15, 0.2) is 18.2 Å². The van der Waals surface area contributed by atoms with Crippen LogP contribution in [0.4, 0.5) is 0 Å². The summed E-state index contributed by atoms with van der Waals surface area (Å²) in [4.78, 5) is 13.8. The molecule has 1 aromatic rings. The van der Waals surface area contributed by atoms with Crippen molar-refractivity contribution in [2.75, 3.05) is 27.3 Å². The molecule has 5 nitrogen and oxygen atoms in total. The van der Waals surface area contributed by atoms with E-state index in [2.05, 4.69) is 22.3 Å². The lowest BCUT2D eigenvalue weighted by atomic mass is 10.1. The molecule has 2 saturated heterocycles. The second-order valence-electron chi connectivity index (χ2n) is 5.91. The van der Waals surface area contributed by atoms with Gasteiger partial charge >= 0.3 is 0 Å². The van der Waals surface area contributed by atoms with Gasteiger partial charge in [-0.05, 0) is 17.7 Å². The minimum Gasteiger partial charge on any atom is -0.496 e. The Morgan fingerprint density at radius 2 is 2.19 bits per heavy atom. The van der Waals surface area contributed by atoms with E-state index in [1.54, 1.807) is 14.2 Å². The maximum atomic E-state index is 11.4. The van der Waals surface area contributed by atoms with E-state index in [0.717, 1.165) is 30.9 Å². The largest absolute Gasteiger partial charge is 0.496 e. The average Bonchev–Trinajstić information content (AvgIpc) is 2.96. The van der Waals surface area contributed by atoms with Gasteiger partial charge in [0.25, 0.3) is 0 Å². The Balaban J connectivity index is 1.66. The molecule has 0 aliphatic carbocycles. The molecule has 114 valence electrons. The molecule has 0 radical (unpaired) electrons. The standard InChI is InChI=1S/C16H22N2O3/c1-20-10-13-5-11(3-4-15(13)21-2)7-18-8-12-6-16(19)17-14(12)9-18/h3-5,12,14H,6-10H2,1-2H3,(H,17,19)/t12-,14+/m0/s1. The Hall–Kier alpha value is -1.59. The van der Waals surface area contributed by atoms with Gasteiger partial charge in [-0.25, -0.2) is 0 Å². The van der Waals surface area contributed by atoms with Crippen LogP contribution in [0.2, 0.25) is 0 Å². The van der Waals surface area contributed by atoms with Crippen LogP contribution in [0, 0.1) is 5.92 Å². The molecule has 1 aromatic carbocycles. The van der Waals surface area contributed by atoms with Gasteiger partial charge in [-0.2, -0.15) is 0 Å². The third-order valence-electron chi connectivity index (χ3n) is 4.36. The first kappa shape index (κ1) is 14.4. The minimum absolute atomic E-state index is 0.205. The Bertz CT molecular complexity index is 516. The van der Waals surface area contributed by atoms with Gasteiger partial charge < -0.3 is 14.8 Å². The monoisotopic (exact) mass is 290 g/mol. The van der Waals surface area contributed by atoms with Crippen molar-refractivity contribution in [2.24, 2.45) is 5.92 Å². The fourth-order valence-electron chi connectivity index (χ4n) is 3.42. The highest BCUT2D eigenvalue weighted by Gasteiger charge is 2.39. The van der Waals surface area contributed by atoms with Gasteiger partial charge in [-0.1, -0.05) is 6.07 Å². The Kier molecular flexibility index (Phi) is 4.12. The summed E-state index contributed by atoms with van der Waals surface area (Å²) in [5.74, 6) is 1.55. The molecule has 0 unspecified atom stereocenters. The minimum atomic E-state index is 0.205. The summed E-state index contributed by atoms with van der Waals surface area (Å²) in [5, 5.41) is 3.06. The molecular formula is C16H22N2O3. The summed E-state index contributed by atoms with van der Waals surface area (Å²) >= 11 is 0. The molecule has 0 saturated carbocycles. The van der Waals surface area contributed by atoms with E-state index in [0.29, 0.717) is 25.0 Å². The number of methoxy groups -OCH3 is 2. The molecule has 1 amide bonds. The molecule has 5 heteroatoms. The first-order valence-electron chi connectivity index (χ1n) is 7.36. The van der Waals surface area contributed by atoms with E-state index >= 15 is 0 Å². The predicted molar refractivity (Wildman–Crippen MR) is 79.0 cm³/mol. The predicted octanol–water partition coefficient (Wildman–Crippen LogP) is 1.16. The molecule has 2 aliphatic rings. The van der Waals surface area contributed by atoms with Crippen molar-refractivity contribution >= 4 is 5.91 Å². The van der Waals surface area contributed by atoms with Crippen molar-refractivity contribution in [3.05, 3.63) is 29.3 Å². The molecule has 0 aromatic heterocycles. The second kappa shape index (κ2) is 6.03. The molecule has 1 N–H and O–H groups in total. The number of nitrogens with zero attached hydrogens (tertiary/aromatic N) is 1. The fourth-order valence-corrected chi connectivity index (χ4v) is 3.42. The normalized spacial score (nSPS) is 25.0. The summed E-state index contributed by atoms with van der Waals surface area (Å²) in [5.41, 5.74) is 2.33. The Morgan fingerprint density at radius 1 is 1.33 bits per heavy atom. The number of hydrogen-bond acceptors (Lipinski definition) is 4. The smallest absolute Gasteiger partial charge is 0.220 e. The maximum absolute atomic E-state index is 11.4. The lowest BCUT2D eigenvalue weighted by Gasteiger charge is -2.18. The Labute approximate surface area is 125 Å². The van der Waals surface area contributed by atoms with E-state index in [1.165, 1.54) is 5.56 Å². The van der Waals surface area contributed by atoms with Crippen LogP contribution in [-0.4, -0.2) is 44.2 Å². The van der Waals surface area contributed by atoms with Crippen LogP contribution in [0.1, 0.15) is 17.5 Å². The Morgan fingerprint density at radius 3 is 2.90 bits per heavy atom. The van der Waals surface area contributed by atoms with Gasteiger partial charge in [0, 0.05) is 50.7 Å². The van der Waals surface area contributed by atoms with Crippen molar-refractivity contribution in [1.29, 1.82) is 0 Å². The van der Waals surface area contributed by atoms with Crippen LogP contribution < -0.4 is 10.1 Å². The average molecular weight is 290 g/mol. The number of carbonyl (C=O) groups is 1. The number of likely N-dealkylation sites (tertiary alicyclic amines) is 1. The second-order valence-corrected chi connectivity index (χ2v) is 5.91. The summed E-state index contributed by atoms with van der Waals surface area (Å²) in [6, 6.07) is 6.59. The quantitative estimate of drug-likeness (QED) is 0.884. The van der Waals surface area contributed by atoms with Gasteiger partial charge in [0.15, 0.2) is 0 Å². The zero-order valence-corrected chi connectivity index (χ0v) is 12.6. The molecule has 3 rings (SSSR count). The number of ether oxygens (including phenoxy) is 2. The van der Waals surface area contributed by atoms with Crippen LogP contribution in [0.3, 0.4) is 0 Å². The molecular weight excluding hydrogens is 268 g/mol. The van der Waals surface area contributed by atoms with Gasteiger partial charge in [0.05, 0.1) is 13.7 Å². The van der Waals surface area contributed by atoms with Crippen molar-refractivity contribution in [3.8, 4) is 5.75 Å². The highest BCUT2D eigenvalue weighted by Crippen LogP contribution is 2.27. The van der Waals surface area contributed by atoms with E-state index in [1.807, 2.05) is 6.07 Å². The van der Waals surface area contributed by atoms with Crippen LogP contribution in [-0.2, 0) is 22.7 Å². The van der Waals surface area contributed by atoms with Gasteiger partial charge in [0.1, 0.15) is 5.75 Å². The third-order valence-corrected chi connectivity index (χ3v) is 4.36. The molecule has 0 bridgehead atoms. The number of benzene rings is 1. The SMILES string of the molecule is COCc1cc(CN2C[C@@H]3CC(=O)N[C@@H]3C2)ccc1OC. The van der Waals surface area contributed by atoms with Crippen LogP contribution in [0.25, 0.3) is 0 Å². The van der Waals surface area contributed by atoms with Crippen molar-refractivity contribution in [1.82, 2.24) is 10.2 Å². The zero-order valence-electron chi connectivity index (χ0n) is 12.6. The van der Waals surface area contributed by atoms with E-state index < -0.39 is 0 Å². The summed E-state index contributed by atoms with van der Waals surface area (Å²) in [6.07, 6.45) is 0.679. The zero-order chi connectivity index (χ0) is 14.8. The molecule has 2 aliphatic heterocycles. The molecule has 2 atom stereocenters. The van der Waals surface area contributed by atoms with E-state index in [-0.39, 0.29) is 5.91 Å². The lowest BCUT2D eigenvalue weighted by Crippen LogP contribution is -2.32. The number of amides is 1. The number of hydrogen-bond donors (Lipinski definition) is 1. The number of carbonyl (C=O) groups excluding carboxylic acids is 1. The van der Waals surface area contributed by atoms with Crippen molar-refractivity contribution in [2.45, 2.75) is 25.6 Å². The summed E-state index contributed by atoms with van der Waals surface area (Å²) in [7, 11) is 3.37. The third kappa shape index (κ3) is 3.04. The summed E-state index contributed by atoms with van der Waals surface area (Å²) < 4.78 is 10.6. The van der Waals surface area contributed by atoms with Crippen molar-refractivity contribution in [3.63, 3.8) is 0 Å². The maximum Gasteiger partial charge on any atom is 0.220 e. The van der Waals surface area contributed by atoms with Crippen LogP contribution >= 0.6 is 0 Å². The topological polar surface area (TPSA) is 50.8 Å². The highest BCUT2D eigenvalue weighted by atomic mass is 16.5. The fraction of sp³-hybridized carbons (Fsp3) is 0.562. The highest BCUT2D eigenvalue weighted by molar-refractivity contribution is 5.79. The number of nitrogens with one attached hydrogen (secondary N) is 1. The molecule has 2 heterocycles. The summed E-state index contributed by atoms with van der Waals surface area (Å²) in [6.45, 7) is 3.40. The molecule has 2 fully saturated rings. The van der Waals surface area contributed by atoms with Crippen LogP contribution in [0.5, 0.6) is 5.75 Å². The number of fused-ring (bicyclic) bond motifs is 1. The van der Waals surface area contributed by atoms with Gasteiger partial charge in [-0.15, -0.1) is 0 Å². The van der Waals surface area contributed by atoms with Crippen molar-refractivity contribution < 1.29 is 14.3 Å². The molecule has 21 heavy (non-hydrogen) atoms. The van der Waals surface area contributed by atoms with E-state index in [4.69, 9.17) is 9.47 Å². The lowest BCUT2D eigenvalue weighted by molar-refractivity contribution is -0.119. The number of rotatable bonds is 5. The van der Waals surface area contributed by atoms with Gasteiger partial charge in [-0.3, -0.25) is 9.69 Å². The first-order chi connectivity index (χ1) is 10.2. The van der Waals surface area contributed by atoms with E-state index in [9.17, 15) is 4.79 Å². The van der Waals surface area contributed by atoms with Gasteiger partial charge in [0.2, 0.25) is 5.91 Å².